The van der Waals surface area contributed by atoms with Crippen LogP contribution in [0.15, 0.2) is 0 Å². The van der Waals surface area contributed by atoms with Crippen LogP contribution in [0.1, 0.15) is 361 Å². The quantitative estimate of drug-likeness (QED) is 0.0417. The van der Waals surface area contributed by atoms with E-state index in [1.165, 1.54) is 270 Å². The van der Waals surface area contributed by atoms with Crippen molar-refractivity contribution in [1.82, 2.24) is 5.32 Å². The van der Waals surface area contributed by atoms with Gasteiger partial charge in [-0.3, -0.25) is 9.59 Å². The van der Waals surface area contributed by atoms with Crippen molar-refractivity contribution in [2.24, 2.45) is 0 Å². The van der Waals surface area contributed by atoms with E-state index in [0.717, 1.165) is 57.8 Å². The topological polar surface area (TPSA) is 95.9 Å². The van der Waals surface area contributed by atoms with Crippen LogP contribution in [0.4, 0.5) is 0 Å². The molecule has 0 aromatic carbocycles. The average molecular weight is 963 g/mol. The molecule has 2 atom stereocenters. The third-order valence-corrected chi connectivity index (χ3v) is 14.9. The van der Waals surface area contributed by atoms with E-state index < -0.39 is 12.1 Å². The van der Waals surface area contributed by atoms with Crippen LogP contribution < -0.4 is 5.32 Å². The highest BCUT2D eigenvalue weighted by atomic mass is 16.5. The van der Waals surface area contributed by atoms with Gasteiger partial charge in [0.05, 0.1) is 25.4 Å². The lowest BCUT2D eigenvalue weighted by Crippen LogP contribution is -2.45. The van der Waals surface area contributed by atoms with Crippen LogP contribution in [0.2, 0.25) is 0 Å². The van der Waals surface area contributed by atoms with Gasteiger partial charge in [-0.05, 0) is 25.7 Å². The first-order chi connectivity index (χ1) is 33.5. The van der Waals surface area contributed by atoms with Crippen LogP contribution >= 0.6 is 0 Å². The second kappa shape index (κ2) is 58.4. The average Bonchev–Trinajstić information content (AvgIpc) is 3.34. The number of carbonyl (C=O) groups excluding carboxylic acids is 2. The Labute approximate surface area is 426 Å². The highest BCUT2D eigenvalue weighted by Crippen LogP contribution is 2.19. The largest absolute Gasteiger partial charge is 0.466 e. The van der Waals surface area contributed by atoms with Crippen molar-refractivity contribution < 1.29 is 24.5 Å². The van der Waals surface area contributed by atoms with Gasteiger partial charge in [0.25, 0.3) is 0 Å². The number of ether oxygens (including phenoxy) is 1. The van der Waals surface area contributed by atoms with Crippen LogP contribution in [0.3, 0.4) is 0 Å². The first kappa shape index (κ1) is 66.9. The van der Waals surface area contributed by atoms with Gasteiger partial charge in [0.2, 0.25) is 5.91 Å². The molecule has 0 aromatic rings. The molecule has 0 rings (SSSR count). The number of rotatable bonds is 59. The summed E-state index contributed by atoms with van der Waals surface area (Å²) in [6.45, 7) is 4.95. The predicted octanol–water partition coefficient (Wildman–Crippen LogP) is 19.5. The number of unbranched alkanes of at least 4 members (excludes halogenated alkanes) is 48. The maximum Gasteiger partial charge on any atom is 0.305 e. The predicted molar refractivity (Wildman–Crippen MR) is 297 cm³/mol. The SMILES string of the molecule is CCCCCCCCCCCCCCCCCCCCCCCCCC(O)C(CO)NC(=O)CCCCCCCCCCCCOC(=O)CCCCCCCCCCCCCCCCCCCC. The van der Waals surface area contributed by atoms with Crippen molar-refractivity contribution in [3.63, 3.8) is 0 Å². The lowest BCUT2D eigenvalue weighted by atomic mass is 10.0. The zero-order chi connectivity index (χ0) is 49.3. The zero-order valence-corrected chi connectivity index (χ0v) is 46.4. The Morgan fingerprint density at radius 2 is 0.603 bits per heavy atom. The van der Waals surface area contributed by atoms with Crippen molar-refractivity contribution in [3.05, 3.63) is 0 Å². The van der Waals surface area contributed by atoms with Crippen molar-refractivity contribution in [2.75, 3.05) is 13.2 Å². The Balaban J connectivity index is 3.43. The monoisotopic (exact) mass is 962 g/mol. The van der Waals surface area contributed by atoms with Crippen LogP contribution in [-0.2, 0) is 14.3 Å². The van der Waals surface area contributed by atoms with E-state index in [1.54, 1.807) is 0 Å². The molecular formula is C62H123NO5. The molecular weight excluding hydrogens is 839 g/mol. The first-order valence-corrected chi connectivity index (χ1v) is 31.3. The summed E-state index contributed by atoms with van der Waals surface area (Å²) in [5, 5.41) is 23.4. The van der Waals surface area contributed by atoms with E-state index in [0.29, 0.717) is 25.9 Å². The highest BCUT2D eigenvalue weighted by molar-refractivity contribution is 5.76. The molecule has 3 N–H and O–H groups in total. The third kappa shape index (κ3) is 54.2. The van der Waals surface area contributed by atoms with E-state index >= 15 is 0 Å². The molecule has 0 aliphatic carbocycles. The molecule has 0 saturated carbocycles. The maximum absolute atomic E-state index is 12.5. The first-order valence-electron chi connectivity index (χ1n) is 31.3. The Kier molecular flexibility index (Phi) is 57.5. The minimum absolute atomic E-state index is 0.0126. The minimum atomic E-state index is -0.679. The molecule has 0 spiro atoms. The fourth-order valence-corrected chi connectivity index (χ4v) is 10.1. The van der Waals surface area contributed by atoms with Gasteiger partial charge in [0.1, 0.15) is 0 Å². The molecule has 68 heavy (non-hydrogen) atoms. The number of hydrogen-bond donors (Lipinski definition) is 3. The Hall–Kier alpha value is -1.14. The molecule has 0 heterocycles. The number of amides is 1. The van der Waals surface area contributed by atoms with Crippen molar-refractivity contribution in [1.29, 1.82) is 0 Å². The van der Waals surface area contributed by atoms with E-state index in [1.807, 2.05) is 0 Å². The van der Waals surface area contributed by atoms with Crippen LogP contribution in [0, 0.1) is 0 Å². The molecule has 0 fully saturated rings. The van der Waals surface area contributed by atoms with E-state index in [9.17, 15) is 19.8 Å². The minimum Gasteiger partial charge on any atom is -0.466 e. The van der Waals surface area contributed by atoms with Gasteiger partial charge in [-0.2, -0.15) is 0 Å². The van der Waals surface area contributed by atoms with E-state index in [4.69, 9.17) is 4.74 Å². The molecule has 0 aliphatic heterocycles. The molecule has 6 heteroatoms. The Morgan fingerprint density at radius 3 is 0.897 bits per heavy atom. The van der Waals surface area contributed by atoms with Gasteiger partial charge < -0.3 is 20.3 Å². The summed E-state index contributed by atoms with van der Waals surface area (Å²) in [4.78, 5) is 24.6. The van der Waals surface area contributed by atoms with Crippen molar-refractivity contribution >= 4 is 11.9 Å². The number of aliphatic hydroxyl groups excluding tert-OH is 2. The van der Waals surface area contributed by atoms with Crippen molar-refractivity contribution in [2.45, 2.75) is 373 Å². The van der Waals surface area contributed by atoms with E-state index in [2.05, 4.69) is 19.2 Å². The zero-order valence-electron chi connectivity index (χ0n) is 46.4. The summed E-state index contributed by atoms with van der Waals surface area (Å²) >= 11 is 0. The summed E-state index contributed by atoms with van der Waals surface area (Å²) in [6.07, 6.45) is 68.2. The summed E-state index contributed by atoms with van der Waals surface area (Å²) in [5.41, 5.74) is 0. The van der Waals surface area contributed by atoms with Gasteiger partial charge in [-0.1, -0.05) is 322 Å². The summed E-state index contributed by atoms with van der Waals surface area (Å²) in [5.74, 6) is -0.0647. The standard InChI is InChI=1S/C62H123NO5/c1-3-5-7-9-11-13-15-17-19-21-23-24-25-26-27-28-30-32-34-38-42-46-50-54-60(65)59(58-64)63-61(66)55-51-47-43-39-36-37-41-45-49-53-57-68-62(67)56-52-48-44-40-35-33-31-29-22-20-18-16-14-12-10-8-6-4-2/h59-60,64-65H,3-58H2,1-2H3,(H,63,66). The molecule has 2 unspecified atom stereocenters. The second-order valence-electron chi connectivity index (χ2n) is 21.8. The molecule has 406 valence electrons. The van der Waals surface area contributed by atoms with E-state index in [-0.39, 0.29) is 18.5 Å². The molecule has 0 saturated heterocycles. The summed E-state index contributed by atoms with van der Waals surface area (Å²) in [6, 6.07) is -0.558. The molecule has 0 radical (unpaired) electrons. The lowest BCUT2D eigenvalue weighted by molar-refractivity contribution is -0.143. The number of carbonyl (C=O) groups is 2. The summed E-state index contributed by atoms with van der Waals surface area (Å²) < 4.78 is 5.48. The number of hydrogen-bond acceptors (Lipinski definition) is 5. The fraction of sp³-hybridized carbons (Fsp3) is 0.968. The highest BCUT2D eigenvalue weighted by Gasteiger charge is 2.20. The summed E-state index contributed by atoms with van der Waals surface area (Å²) in [7, 11) is 0. The van der Waals surface area contributed by atoms with Crippen LogP contribution in [0.25, 0.3) is 0 Å². The number of nitrogens with one attached hydrogen (secondary N) is 1. The van der Waals surface area contributed by atoms with Gasteiger partial charge in [0, 0.05) is 12.8 Å². The van der Waals surface area contributed by atoms with Crippen LogP contribution in [-0.4, -0.2) is 47.4 Å². The molecule has 6 nitrogen and oxygen atoms in total. The molecule has 0 bridgehead atoms. The van der Waals surface area contributed by atoms with Gasteiger partial charge >= 0.3 is 5.97 Å². The molecule has 1 amide bonds. The normalized spacial score (nSPS) is 12.5. The van der Waals surface area contributed by atoms with Gasteiger partial charge in [-0.15, -0.1) is 0 Å². The third-order valence-electron chi connectivity index (χ3n) is 14.9. The smallest absolute Gasteiger partial charge is 0.305 e. The maximum atomic E-state index is 12.5. The Morgan fingerprint density at radius 1 is 0.353 bits per heavy atom. The molecule has 0 aliphatic rings. The fourth-order valence-electron chi connectivity index (χ4n) is 10.1. The second-order valence-corrected chi connectivity index (χ2v) is 21.8. The van der Waals surface area contributed by atoms with Crippen molar-refractivity contribution in [3.8, 4) is 0 Å². The molecule has 0 aromatic heterocycles. The lowest BCUT2D eigenvalue weighted by Gasteiger charge is -2.22. The Bertz CT molecular complexity index is 975. The number of aliphatic hydroxyl groups is 2. The van der Waals surface area contributed by atoms with Gasteiger partial charge in [0.15, 0.2) is 0 Å². The van der Waals surface area contributed by atoms with Gasteiger partial charge in [-0.25, -0.2) is 0 Å². The van der Waals surface area contributed by atoms with Crippen LogP contribution in [0.5, 0.6) is 0 Å². The number of esters is 1.